The van der Waals surface area contributed by atoms with Gasteiger partial charge in [0.15, 0.2) is 0 Å². The van der Waals surface area contributed by atoms with Gasteiger partial charge in [-0.2, -0.15) is 0 Å². The number of rotatable bonds is 7. The standard InChI is InChI=1S/C26H22ClF4N3O4/c1-13-7-8-33(12-20(30)31)26(37)23(13)34-11-17(21-18(28)9-16(38-2)10-19(21)29)22(25(34)36)32-24(35)14-3-5-15(27)6-4-14/h3-10,17,20,22H,11-12H2,1-2H3,(H,32,35)/t17-,22-/m0/s1. The van der Waals surface area contributed by atoms with Crippen LogP contribution in [0.1, 0.15) is 27.4 Å². The van der Waals surface area contributed by atoms with Crippen molar-refractivity contribution in [1.29, 1.82) is 0 Å². The SMILES string of the molecule is COc1cc(F)c([C@@H]2CN(c3c(C)ccn(CC(F)F)c3=O)C(=O)[C@H]2NC(=O)c2ccc(Cl)cc2)c(F)c1. The van der Waals surface area contributed by atoms with E-state index in [-0.39, 0.29) is 22.6 Å². The summed E-state index contributed by atoms with van der Waals surface area (Å²) in [5, 5.41) is 2.88. The van der Waals surface area contributed by atoms with E-state index >= 15 is 8.78 Å². The number of aryl methyl sites for hydroxylation is 1. The van der Waals surface area contributed by atoms with Crippen molar-refractivity contribution in [2.75, 3.05) is 18.6 Å². The molecule has 7 nitrogen and oxygen atoms in total. The minimum absolute atomic E-state index is 0.0968. The summed E-state index contributed by atoms with van der Waals surface area (Å²) in [6.45, 7) is 0.190. The summed E-state index contributed by atoms with van der Waals surface area (Å²) in [5.41, 5.74) is -1.18. The Balaban J connectivity index is 1.80. The molecule has 0 radical (unpaired) electrons. The molecular weight excluding hydrogens is 530 g/mol. The topological polar surface area (TPSA) is 80.6 Å². The molecule has 2 atom stereocenters. The second-order valence-corrected chi connectivity index (χ2v) is 9.15. The van der Waals surface area contributed by atoms with Crippen LogP contribution in [0.3, 0.4) is 0 Å². The number of methoxy groups -OCH3 is 1. The Labute approximate surface area is 219 Å². The van der Waals surface area contributed by atoms with Crippen LogP contribution in [0.25, 0.3) is 0 Å². The first kappa shape index (κ1) is 27.2. The van der Waals surface area contributed by atoms with Crippen LogP contribution < -0.4 is 20.5 Å². The molecule has 38 heavy (non-hydrogen) atoms. The molecule has 0 unspecified atom stereocenters. The van der Waals surface area contributed by atoms with E-state index in [2.05, 4.69) is 5.32 Å². The molecule has 0 saturated carbocycles. The summed E-state index contributed by atoms with van der Waals surface area (Å²) < 4.78 is 61.9. The minimum Gasteiger partial charge on any atom is -0.497 e. The van der Waals surface area contributed by atoms with Crippen molar-refractivity contribution in [1.82, 2.24) is 9.88 Å². The second kappa shape index (κ2) is 10.9. The zero-order valence-electron chi connectivity index (χ0n) is 20.2. The summed E-state index contributed by atoms with van der Waals surface area (Å²) in [4.78, 5) is 40.6. The molecule has 1 aliphatic heterocycles. The number of anilines is 1. The van der Waals surface area contributed by atoms with E-state index in [1.165, 1.54) is 50.6 Å². The third-order valence-corrected chi connectivity index (χ3v) is 6.56. The van der Waals surface area contributed by atoms with E-state index in [0.29, 0.717) is 5.02 Å². The molecule has 2 aromatic carbocycles. The molecule has 1 fully saturated rings. The number of benzene rings is 2. The number of ether oxygens (including phenoxy) is 1. The van der Waals surface area contributed by atoms with E-state index < -0.39 is 66.0 Å². The van der Waals surface area contributed by atoms with Crippen LogP contribution in [0.4, 0.5) is 23.2 Å². The molecule has 0 bridgehead atoms. The van der Waals surface area contributed by atoms with Crippen LogP contribution in [-0.4, -0.2) is 42.5 Å². The Kier molecular flexibility index (Phi) is 7.77. The van der Waals surface area contributed by atoms with Gasteiger partial charge in [-0.05, 0) is 42.8 Å². The van der Waals surface area contributed by atoms with E-state index in [9.17, 15) is 23.2 Å². The molecule has 1 aromatic heterocycles. The predicted octanol–water partition coefficient (Wildman–Crippen LogP) is 4.29. The fourth-order valence-electron chi connectivity index (χ4n) is 4.49. The Morgan fingerprint density at radius 2 is 1.76 bits per heavy atom. The first-order valence-electron chi connectivity index (χ1n) is 11.4. The maximum absolute atomic E-state index is 15.1. The first-order chi connectivity index (χ1) is 18.0. The first-order valence-corrected chi connectivity index (χ1v) is 11.8. The average Bonchev–Trinajstić information content (AvgIpc) is 3.16. The van der Waals surface area contributed by atoms with Crippen molar-refractivity contribution >= 4 is 29.1 Å². The minimum atomic E-state index is -2.83. The normalized spacial score (nSPS) is 17.3. The van der Waals surface area contributed by atoms with Gasteiger partial charge in [-0.25, -0.2) is 17.6 Å². The lowest BCUT2D eigenvalue weighted by Crippen LogP contribution is -2.45. The van der Waals surface area contributed by atoms with Crippen molar-refractivity contribution in [3.05, 3.63) is 92.4 Å². The monoisotopic (exact) mass is 551 g/mol. The van der Waals surface area contributed by atoms with Gasteiger partial charge in [0.2, 0.25) is 5.91 Å². The average molecular weight is 552 g/mol. The second-order valence-electron chi connectivity index (χ2n) is 8.71. The van der Waals surface area contributed by atoms with Crippen molar-refractivity contribution < 1.29 is 31.9 Å². The van der Waals surface area contributed by atoms with Gasteiger partial charge < -0.3 is 19.5 Å². The van der Waals surface area contributed by atoms with Crippen LogP contribution in [-0.2, 0) is 11.3 Å². The van der Waals surface area contributed by atoms with Crippen LogP contribution in [0.15, 0.2) is 53.5 Å². The largest absolute Gasteiger partial charge is 0.497 e. The van der Waals surface area contributed by atoms with E-state index in [1.807, 2.05) is 0 Å². The number of nitrogens with one attached hydrogen (secondary N) is 1. The molecule has 2 heterocycles. The molecule has 0 spiro atoms. The van der Waals surface area contributed by atoms with Crippen molar-refractivity contribution in [2.45, 2.75) is 31.9 Å². The Hall–Kier alpha value is -3.86. The lowest BCUT2D eigenvalue weighted by molar-refractivity contribution is -0.118. The van der Waals surface area contributed by atoms with Crippen molar-refractivity contribution in [3.63, 3.8) is 0 Å². The van der Waals surface area contributed by atoms with Crippen molar-refractivity contribution in [3.8, 4) is 5.75 Å². The number of hydrogen-bond donors (Lipinski definition) is 1. The Morgan fingerprint density at radius 1 is 1.13 bits per heavy atom. The molecule has 1 aliphatic rings. The Bertz CT molecular complexity index is 1420. The van der Waals surface area contributed by atoms with Gasteiger partial charge in [-0.1, -0.05) is 11.6 Å². The zero-order valence-corrected chi connectivity index (χ0v) is 20.9. The number of pyridine rings is 1. The van der Waals surface area contributed by atoms with E-state index in [0.717, 1.165) is 21.6 Å². The number of aromatic nitrogens is 1. The molecule has 0 aliphatic carbocycles. The lowest BCUT2D eigenvalue weighted by Gasteiger charge is -2.20. The van der Waals surface area contributed by atoms with E-state index in [4.69, 9.17) is 16.3 Å². The van der Waals surface area contributed by atoms with Gasteiger partial charge in [0.05, 0.1) is 13.7 Å². The summed E-state index contributed by atoms with van der Waals surface area (Å²) in [7, 11) is 1.23. The third-order valence-electron chi connectivity index (χ3n) is 6.31. The fourth-order valence-corrected chi connectivity index (χ4v) is 4.61. The Morgan fingerprint density at radius 3 is 2.34 bits per heavy atom. The lowest BCUT2D eigenvalue weighted by atomic mass is 9.92. The maximum atomic E-state index is 15.1. The number of amides is 2. The van der Waals surface area contributed by atoms with Gasteiger partial charge in [-0.3, -0.25) is 14.4 Å². The summed E-state index contributed by atoms with van der Waals surface area (Å²) in [6.07, 6.45) is -1.66. The number of alkyl halides is 2. The predicted molar refractivity (Wildman–Crippen MR) is 132 cm³/mol. The highest BCUT2D eigenvalue weighted by atomic mass is 35.5. The van der Waals surface area contributed by atoms with Gasteiger partial charge in [-0.15, -0.1) is 0 Å². The van der Waals surface area contributed by atoms with Crippen LogP contribution in [0.2, 0.25) is 5.02 Å². The summed E-state index contributed by atoms with van der Waals surface area (Å²) in [5.74, 6) is -4.96. The number of nitrogens with zero attached hydrogens (tertiary/aromatic N) is 2. The number of carbonyl (C=O) groups excluding carboxylic acids is 2. The quantitative estimate of drug-likeness (QED) is 0.444. The van der Waals surface area contributed by atoms with Gasteiger partial charge in [0, 0.05) is 46.9 Å². The van der Waals surface area contributed by atoms with Crippen LogP contribution in [0, 0.1) is 18.6 Å². The van der Waals surface area contributed by atoms with E-state index in [1.54, 1.807) is 0 Å². The molecule has 1 saturated heterocycles. The molecule has 12 heteroatoms. The number of halogens is 5. The van der Waals surface area contributed by atoms with Crippen LogP contribution >= 0.6 is 11.6 Å². The molecule has 200 valence electrons. The van der Waals surface area contributed by atoms with Gasteiger partial charge >= 0.3 is 0 Å². The molecular formula is C26H22ClF4N3O4. The number of carbonyl (C=O) groups is 2. The van der Waals surface area contributed by atoms with Gasteiger partial charge in [0.1, 0.15) is 29.1 Å². The van der Waals surface area contributed by atoms with Gasteiger partial charge in [0.25, 0.3) is 17.9 Å². The fraction of sp³-hybridized carbons (Fsp3) is 0.269. The molecule has 2 amide bonds. The van der Waals surface area contributed by atoms with Crippen molar-refractivity contribution in [2.24, 2.45) is 0 Å². The third kappa shape index (κ3) is 5.24. The molecule has 1 N–H and O–H groups in total. The smallest absolute Gasteiger partial charge is 0.274 e. The van der Waals surface area contributed by atoms with Crippen LogP contribution in [0.5, 0.6) is 5.75 Å². The summed E-state index contributed by atoms with van der Waals surface area (Å²) in [6, 6.07) is 7.50. The highest BCUT2D eigenvalue weighted by Crippen LogP contribution is 2.36. The maximum Gasteiger partial charge on any atom is 0.274 e. The highest BCUT2D eigenvalue weighted by Gasteiger charge is 2.46. The highest BCUT2D eigenvalue weighted by molar-refractivity contribution is 6.30. The molecule has 3 aromatic rings. The molecule has 4 rings (SSSR count). The summed E-state index contributed by atoms with van der Waals surface area (Å²) >= 11 is 5.87. The zero-order chi connectivity index (χ0) is 27.7. The number of hydrogen-bond acceptors (Lipinski definition) is 4.